The number of carbonyl (C=O) groups excluding carboxylic acids is 1. The zero-order chi connectivity index (χ0) is 20.4. The predicted molar refractivity (Wildman–Crippen MR) is 115 cm³/mol. The van der Waals surface area contributed by atoms with E-state index >= 15 is 0 Å². The topological polar surface area (TPSA) is 66.7 Å². The van der Waals surface area contributed by atoms with Crippen molar-refractivity contribution in [2.24, 2.45) is 0 Å². The Hall–Kier alpha value is -3.51. The van der Waals surface area contributed by atoms with Crippen molar-refractivity contribution in [3.8, 4) is 0 Å². The van der Waals surface area contributed by atoms with Crippen LogP contribution in [0.4, 0.5) is 5.69 Å². The maximum Gasteiger partial charge on any atom is 0.258 e. The van der Waals surface area contributed by atoms with E-state index in [-0.39, 0.29) is 18.0 Å². The molecule has 1 N–H and O–H groups in total. The lowest BCUT2D eigenvalue weighted by Gasteiger charge is -2.17. The molecule has 4 aromatic rings. The number of likely N-dealkylation sites (N-methyl/N-ethyl adjacent to an activating group) is 1. The largest absolute Gasteiger partial charge is 0.324 e. The molecule has 6 heteroatoms. The third-order valence-electron chi connectivity index (χ3n) is 4.77. The van der Waals surface area contributed by atoms with Crippen LogP contribution >= 0.6 is 0 Å². The average molecular weight is 386 g/mol. The first-order valence-electron chi connectivity index (χ1n) is 9.45. The zero-order valence-corrected chi connectivity index (χ0v) is 16.4. The first-order chi connectivity index (χ1) is 14.0. The van der Waals surface area contributed by atoms with Gasteiger partial charge in [-0.1, -0.05) is 42.5 Å². The minimum atomic E-state index is -0.123. The predicted octanol–water partition coefficient (Wildman–Crippen LogP) is 3.23. The molecule has 1 amide bonds. The molecular formula is C23H22N4O2. The summed E-state index contributed by atoms with van der Waals surface area (Å²) in [6.45, 7) is 2.53. The second-order valence-corrected chi connectivity index (χ2v) is 7.27. The van der Waals surface area contributed by atoms with Crippen molar-refractivity contribution in [1.82, 2.24) is 14.3 Å². The highest BCUT2D eigenvalue weighted by molar-refractivity contribution is 6.02. The lowest BCUT2D eigenvalue weighted by atomic mass is 10.1. The first-order valence-corrected chi connectivity index (χ1v) is 9.45. The van der Waals surface area contributed by atoms with Gasteiger partial charge in [0.05, 0.1) is 12.2 Å². The van der Waals surface area contributed by atoms with E-state index in [9.17, 15) is 9.59 Å². The fourth-order valence-electron chi connectivity index (χ4n) is 3.44. The van der Waals surface area contributed by atoms with Crippen molar-refractivity contribution in [1.29, 1.82) is 0 Å². The molecule has 2 heterocycles. The second-order valence-electron chi connectivity index (χ2n) is 7.27. The van der Waals surface area contributed by atoms with Gasteiger partial charge in [0, 0.05) is 29.9 Å². The molecule has 0 atom stereocenters. The molecule has 0 unspecified atom stereocenters. The van der Waals surface area contributed by atoms with E-state index < -0.39 is 0 Å². The SMILES string of the molecule is Cc1ccc2nc(CN(C)CC(=O)Nc3cccc4ccccc34)cc(=O)n2c1. The minimum Gasteiger partial charge on any atom is -0.324 e. The standard InChI is InChI=1S/C23H22N4O2/c1-16-10-11-21-24-18(12-23(29)27(21)13-16)14-26(2)15-22(28)25-20-9-5-7-17-6-3-4-8-19(17)20/h3-13H,14-15H2,1-2H3,(H,25,28). The molecule has 0 saturated carbocycles. The number of nitrogens with zero attached hydrogens (tertiary/aromatic N) is 3. The summed E-state index contributed by atoms with van der Waals surface area (Å²) in [6.07, 6.45) is 1.77. The van der Waals surface area contributed by atoms with Gasteiger partial charge in [-0.05, 0) is 37.1 Å². The molecule has 0 spiro atoms. The summed E-state index contributed by atoms with van der Waals surface area (Å²) in [5.41, 5.74) is 2.91. The number of fused-ring (bicyclic) bond motifs is 2. The number of carbonyl (C=O) groups is 1. The Balaban J connectivity index is 1.46. The molecule has 2 aromatic carbocycles. The highest BCUT2D eigenvalue weighted by Gasteiger charge is 2.11. The van der Waals surface area contributed by atoms with E-state index in [1.807, 2.05) is 73.5 Å². The van der Waals surface area contributed by atoms with Crippen LogP contribution in [0, 0.1) is 6.92 Å². The third kappa shape index (κ3) is 4.17. The number of pyridine rings is 1. The molecule has 146 valence electrons. The molecule has 0 radical (unpaired) electrons. The second kappa shape index (κ2) is 7.85. The molecular weight excluding hydrogens is 364 g/mol. The van der Waals surface area contributed by atoms with Crippen LogP contribution in [0.3, 0.4) is 0 Å². The maximum absolute atomic E-state index is 12.5. The number of rotatable bonds is 5. The van der Waals surface area contributed by atoms with Gasteiger partial charge in [-0.3, -0.25) is 18.9 Å². The molecule has 0 fully saturated rings. The zero-order valence-electron chi connectivity index (χ0n) is 16.4. The Morgan fingerprint density at radius 3 is 2.76 bits per heavy atom. The summed E-state index contributed by atoms with van der Waals surface area (Å²) >= 11 is 0. The molecule has 0 aliphatic heterocycles. The molecule has 0 aliphatic rings. The van der Waals surface area contributed by atoms with Crippen molar-refractivity contribution in [2.45, 2.75) is 13.5 Å². The van der Waals surface area contributed by atoms with E-state index in [4.69, 9.17) is 0 Å². The van der Waals surface area contributed by atoms with Crippen LogP contribution in [0.5, 0.6) is 0 Å². The van der Waals surface area contributed by atoms with E-state index in [1.165, 1.54) is 10.5 Å². The van der Waals surface area contributed by atoms with Crippen molar-refractivity contribution in [3.05, 3.63) is 88.5 Å². The van der Waals surface area contributed by atoms with E-state index in [2.05, 4.69) is 10.3 Å². The Bertz CT molecular complexity index is 1260. The molecule has 4 rings (SSSR count). The van der Waals surface area contributed by atoms with Crippen molar-refractivity contribution < 1.29 is 4.79 Å². The molecule has 2 aromatic heterocycles. The molecule has 29 heavy (non-hydrogen) atoms. The Morgan fingerprint density at radius 1 is 1.10 bits per heavy atom. The lowest BCUT2D eigenvalue weighted by Crippen LogP contribution is -2.30. The van der Waals surface area contributed by atoms with Crippen LogP contribution in [0.15, 0.2) is 71.7 Å². The van der Waals surface area contributed by atoms with Gasteiger partial charge in [-0.15, -0.1) is 0 Å². The van der Waals surface area contributed by atoms with Gasteiger partial charge < -0.3 is 5.32 Å². The van der Waals surface area contributed by atoms with Gasteiger partial charge in [0.1, 0.15) is 5.65 Å². The van der Waals surface area contributed by atoms with Crippen LogP contribution in [-0.4, -0.2) is 33.8 Å². The molecule has 0 bridgehead atoms. The Labute approximate surface area is 168 Å². The van der Waals surface area contributed by atoms with Crippen LogP contribution in [0.1, 0.15) is 11.3 Å². The summed E-state index contributed by atoms with van der Waals surface area (Å²) in [7, 11) is 1.83. The lowest BCUT2D eigenvalue weighted by molar-refractivity contribution is -0.117. The summed E-state index contributed by atoms with van der Waals surface area (Å²) in [4.78, 5) is 31.3. The normalized spacial score (nSPS) is 11.3. The smallest absolute Gasteiger partial charge is 0.258 e. The van der Waals surface area contributed by atoms with E-state index in [0.717, 1.165) is 22.0 Å². The van der Waals surface area contributed by atoms with Gasteiger partial charge in [0.25, 0.3) is 5.56 Å². The minimum absolute atomic E-state index is 0.114. The molecule has 0 aliphatic carbocycles. The number of anilines is 1. The number of amides is 1. The van der Waals surface area contributed by atoms with Crippen molar-refractivity contribution in [3.63, 3.8) is 0 Å². The van der Waals surface area contributed by atoms with Gasteiger partial charge >= 0.3 is 0 Å². The number of hydrogen-bond donors (Lipinski definition) is 1. The van der Waals surface area contributed by atoms with Crippen LogP contribution < -0.4 is 10.9 Å². The molecule has 6 nitrogen and oxygen atoms in total. The number of benzene rings is 2. The highest BCUT2D eigenvalue weighted by atomic mass is 16.2. The monoisotopic (exact) mass is 386 g/mol. The summed E-state index contributed by atoms with van der Waals surface area (Å²) in [6, 6.07) is 19.0. The van der Waals surface area contributed by atoms with Gasteiger partial charge in [-0.2, -0.15) is 0 Å². The fraction of sp³-hybridized carbons (Fsp3) is 0.174. The Morgan fingerprint density at radius 2 is 1.90 bits per heavy atom. The summed E-state index contributed by atoms with van der Waals surface area (Å²) in [5.74, 6) is -0.114. The third-order valence-corrected chi connectivity index (χ3v) is 4.77. The van der Waals surface area contributed by atoms with Gasteiger partial charge in [0.15, 0.2) is 0 Å². The Kier molecular flexibility index (Phi) is 5.10. The summed E-state index contributed by atoms with van der Waals surface area (Å²) in [5, 5.41) is 5.07. The number of hydrogen-bond acceptors (Lipinski definition) is 4. The van der Waals surface area contributed by atoms with Crippen LogP contribution in [0.2, 0.25) is 0 Å². The number of aryl methyl sites for hydroxylation is 1. The van der Waals surface area contributed by atoms with Crippen LogP contribution in [0.25, 0.3) is 16.4 Å². The quantitative estimate of drug-likeness (QED) is 0.572. The summed E-state index contributed by atoms with van der Waals surface area (Å²) < 4.78 is 1.53. The maximum atomic E-state index is 12.5. The van der Waals surface area contributed by atoms with Crippen molar-refractivity contribution in [2.75, 3.05) is 18.9 Å². The molecule has 0 saturated heterocycles. The van der Waals surface area contributed by atoms with E-state index in [1.54, 1.807) is 6.20 Å². The fourth-order valence-corrected chi connectivity index (χ4v) is 3.44. The number of aromatic nitrogens is 2. The van der Waals surface area contributed by atoms with Gasteiger partial charge in [0.2, 0.25) is 5.91 Å². The first kappa shape index (κ1) is 18.8. The van der Waals surface area contributed by atoms with Crippen LogP contribution in [-0.2, 0) is 11.3 Å². The average Bonchev–Trinajstić information content (AvgIpc) is 2.69. The number of nitrogens with one attached hydrogen (secondary N) is 1. The van der Waals surface area contributed by atoms with E-state index in [0.29, 0.717) is 17.9 Å². The van der Waals surface area contributed by atoms with Gasteiger partial charge in [-0.25, -0.2) is 4.98 Å². The highest BCUT2D eigenvalue weighted by Crippen LogP contribution is 2.22. The van der Waals surface area contributed by atoms with Crippen molar-refractivity contribution >= 4 is 28.0 Å².